The molecule has 0 heterocycles. The minimum Gasteiger partial charge on any atom is -0.236 e. The molecule has 1 unspecified atom stereocenters. The second-order valence-corrected chi connectivity index (χ2v) is 3.82. The van der Waals surface area contributed by atoms with Crippen molar-refractivity contribution in [3.63, 3.8) is 0 Å². The first-order chi connectivity index (χ1) is 7.23. The van der Waals surface area contributed by atoms with Gasteiger partial charge in [-0.3, -0.25) is 0 Å². The van der Waals surface area contributed by atoms with Crippen LogP contribution in [-0.4, -0.2) is 6.43 Å². The van der Waals surface area contributed by atoms with Crippen LogP contribution >= 0.6 is 15.9 Å². The summed E-state index contributed by atoms with van der Waals surface area (Å²) in [5, 5.41) is 0. The van der Waals surface area contributed by atoms with E-state index in [9.17, 15) is 26.3 Å². The highest BCUT2D eigenvalue weighted by atomic mass is 79.9. The molecule has 0 saturated carbocycles. The maximum Gasteiger partial charge on any atom is 0.416 e. The zero-order valence-electron chi connectivity index (χ0n) is 7.53. The molecule has 0 radical (unpaired) electrons. The third kappa shape index (κ3) is 2.90. The van der Waals surface area contributed by atoms with E-state index in [2.05, 4.69) is 15.9 Å². The predicted molar refractivity (Wildman–Crippen MR) is 49.0 cm³/mol. The first-order valence-electron chi connectivity index (χ1n) is 4.02. The normalized spacial score (nSPS) is 14.2. The molecule has 0 spiro atoms. The molecule has 1 atom stereocenters. The van der Waals surface area contributed by atoms with Crippen LogP contribution in [0.4, 0.5) is 26.3 Å². The van der Waals surface area contributed by atoms with E-state index in [1.165, 1.54) is 0 Å². The average molecular weight is 307 g/mol. The van der Waals surface area contributed by atoms with E-state index in [1.807, 2.05) is 0 Å². The second kappa shape index (κ2) is 4.65. The fourth-order valence-electron chi connectivity index (χ4n) is 1.07. The highest BCUT2D eigenvalue weighted by molar-refractivity contribution is 9.10. The summed E-state index contributed by atoms with van der Waals surface area (Å²) in [6, 6.07) is 1.96. The molecular formula is C9H5BrF6. The Morgan fingerprint density at radius 1 is 1.06 bits per heavy atom. The molecule has 1 aromatic rings. The summed E-state index contributed by atoms with van der Waals surface area (Å²) in [5.74, 6) is 0. The van der Waals surface area contributed by atoms with Crippen LogP contribution in [-0.2, 0) is 6.18 Å². The van der Waals surface area contributed by atoms with Crippen molar-refractivity contribution in [2.45, 2.75) is 18.8 Å². The average Bonchev–Trinajstić information content (AvgIpc) is 2.15. The molecule has 0 nitrogen and oxygen atoms in total. The van der Waals surface area contributed by atoms with E-state index >= 15 is 0 Å². The van der Waals surface area contributed by atoms with Crippen molar-refractivity contribution in [1.29, 1.82) is 0 Å². The van der Waals surface area contributed by atoms with Crippen LogP contribution in [0.3, 0.4) is 0 Å². The number of halogens is 7. The van der Waals surface area contributed by atoms with E-state index < -0.39 is 29.9 Å². The molecule has 90 valence electrons. The largest absolute Gasteiger partial charge is 0.416 e. The highest BCUT2D eigenvalue weighted by Crippen LogP contribution is 2.36. The minimum atomic E-state index is -4.68. The van der Waals surface area contributed by atoms with Gasteiger partial charge in [-0.1, -0.05) is 15.9 Å². The summed E-state index contributed by atoms with van der Waals surface area (Å²) in [4.78, 5) is 0. The van der Waals surface area contributed by atoms with Crippen molar-refractivity contribution in [2.75, 3.05) is 0 Å². The minimum absolute atomic E-state index is 0.117. The maximum absolute atomic E-state index is 12.9. The Morgan fingerprint density at radius 3 is 2.06 bits per heavy atom. The van der Waals surface area contributed by atoms with Gasteiger partial charge in [0.15, 0.2) is 6.17 Å². The standard InChI is InChI=1S/C9H5BrF6/c10-6-2-1-4(9(14,15)16)3-5(6)7(11)8(12)13/h1-3,7-8H. The van der Waals surface area contributed by atoms with Crippen molar-refractivity contribution >= 4 is 15.9 Å². The fraction of sp³-hybridized carbons (Fsp3) is 0.333. The van der Waals surface area contributed by atoms with Gasteiger partial charge < -0.3 is 0 Å². The zero-order chi connectivity index (χ0) is 12.5. The quantitative estimate of drug-likeness (QED) is 0.692. The summed E-state index contributed by atoms with van der Waals surface area (Å²) < 4.78 is 73.6. The third-order valence-corrected chi connectivity index (χ3v) is 2.56. The molecule has 0 aromatic heterocycles. The smallest absolute Gasteiger partial charge is 0.236 e. The van der Waals surface area contributed by atoms with Crippen LogP contribution in [0, 0.1) is 0 Å². The van der Waals surface area contributed by atoms with Crippen molar-refractivity contribution in [1.82, 2.24) is 0 Å². The van der Waals surface area contributed by atoms with Gasteiger partial charge in [-0.2, -0.15) is 13.2 Å². The van der Waals surface area contributed by atoms with Gasteiger partial charge in [0.1, 0.15) is 0 Å². The second-order valence-electron chi connectivity index (χ2n) is 2.97. The van der Waals surface area contributed by atoms with E-state index in [4.69, 9.17) is 0 Å². The van der Waals surface area contributed by atoms with Crippen molar-refractivity contribution in [3.8, 4) is 0 Å². The SMILES string of the molecule is FC(F)C(F)c1cc(C(F)(F)F)ccc1Br. The van der Waals surface area contributed by atoms with Crippen LogP contribution in [0.25, 0.3) is 0 Å². The van der Waals surface area contributed by atoms with Gasteiger partial charge in [-0.15, -0.1) is 0 Å². The molecule has 0 fully saturated rings. The number of alkyl halides is 6. The maximum atomic E-state index is 12.9. The van der Waals surface area contributed by atoms with E-state index in [0.29, 0.717) is 12.1 Å². The molecule has 7 heteroatoms. The third-order valence-electron chi connectivity index (χ3n) is 1.84. The summed E-state index contributed by atoms with van der Waals surface area (Å²) in [6.45, 7) is 0. The van der Waals surface area contributed by atoms with Crippen LogP contribution in [0.2, 0.25) is 0 Å². The van der Waals surface area contributed by atoms with E-state index in [0.717, 1.165) is 6.07 Å². The van der Waals surface area contributed by atoms with Crippen LogP contribution < -0.4 is 0 Å². The van der Waals surface area contributed by atoms with E-state index in [-0.39, 0.29) is 4.47 Å². The summed E-state index contributed by atoms with van der Waals surface area (Å²) in [6.07, 6.45) is -10.8. The Balaban J connectivity index is 3.19. The van der Waals surface area contributed by atoms with Gasteiger partial charge in [-0.05, 0) is 18.2 Å². The van der Waals surface area contributed by atoms with E-state index in [1.54, 1.807) is 0 Å². The lowest BCUT2D eigenvalue weighted by Crippen LogP contribution is -2.09. The Bertz CT molecular complexity index is 373. The van der Waals surface area contributed by atoms with Crippen LogP contribution in [0.1, 0.15) is 17.3 Å². The molecule has 0 bridgehead atoms. The fourth-order valence-corrected chi connectivity index (χ4v) is 1.53. The van der Waals surface area contributed by atoms with Crippen molar-refractivity contribution in [3.05, 3.63) is 33.8 Å². The molecule has 0 aliphatic rings. The number of hydrogen-bond acceptors (Lipinski definition) is 0. The van der Waals surface area contributed by atoms with Gasteiger partial charge >= 0.3 is 6.18 Å². The first-order valence-corrected chi connectivity index (χ1v) is 4.81. The molecule has 1 aromatic carbocycles. The highest BCUT2D eigenvalue weighted by Gasteiger charge is 2.33. The lowest BCUT2D eigenvalue weighted by Gasteiger charge is -2.13. The lowest BCUT2D eigenvalue weighted by atomic mass is 10.1. The first kappa shape index (κ1) is 13.3. The zero-order valence-corrected chi connectivity index (χ0v) is 9.12. The van der Waals surface area contributed by atoms with Crippen molar-refractivity contribution < 1.29 is 26.3 Å². The lowest BCUT2D eigenvalue weighted by molar-refractivity contribution is -0.137. The Labute approximate surface area is 95.4 Å². The Kier molecular flexibility index (Phi) is 3.88. The summed E-state index contributed by atoms with van der Waals surface area (Å²) >= 11 is 2.73. The molecular weight excluding hydrogens is 302 g/mol. The monoisotopic (exact) mass is 306 g/mol. The van der Waals surface area contributed by atoms with Gasteiger partial charge in [0.05, 0.1) is 5.56 Å². The van der Waals surface area contributed by atoms with Gasteiger partial charge in [-0.25, -0.2) is 13.2 Å². The molecule has 16 heavy (non-hydrogen) atoms. The number of benzene rings is 1. The summed E-state index contributed by atoms with van der Waals surface area (Å²) in [5.41, 5.74) is -1.86. The number of rotatable bonds is 2. The Hall–Kier alpha value is -0.720. The van der Waals surface area contributed by atoms with Crippen LogP contribution in [0.15, 0.2) is 22.7 Å². The molecule has 0 aliphatic carbocycles. The molecule has 0 amide bonds. The molecule has 0 N–H and O–H groups in total. The van der Waals surface area contributed by atoms with Gasteiger partial charge in [0.25, 0.3) is 6.43 Å². The predicted octanol–water partition coefficient (Wildman–Crippen LogP) is 4.74. The number of hydrogen-bond donors (Lipinski definition) is 0. The van der Waals surface area contributed by atoms with Crippen molar-refractivity contribution in [2.24, 2.45) is 0 Å². The van der Waals surface area contributed by atoms with Gasteiger partial charge in [0, 0.05) is 10.0 Å². The molecule has 0 aliphatic heterocycles. The van der Waals surface area contributed by atoms with Gasteiger partial charge in [0.2, 0.25) is 0 Å². The topological polar surface area (TPSA) is 0 Å². The Morgan fingerprint density at radius 2 is 1.62 bits per heavy atom. The molecule has 1 rings (SSSR count). The summed E-state index contributed by atoms with van der Waals surface area (Å²) in [7, 11) is 0. The van der Waals surface area contributed by atoms with Crippen LogP contribution in [0.5, 0.6) is 0 Å². The molecule has 0 saturated heterocycles.